The number of halogens is 6. The zero-order valence-corrected chi connectivity index (χ0v) is 29.6. The maximum atomic E-state index is 16.8. The number of nitriles is 1. The van der Waals surface area contributed by atoms with E-state index in [2.05, 4.69) is 19.9 Å². The molecule has 2 saturated heterocycles. The van der Waals surface area contributed by atoms with Gasteiger partial charge in [0.1, 0.15) is 58.1 Å². The van der Waals surface area contributed by atoms with Crippen LogP contribution in [0.15, 0.2) is 24.4 Å². The average molecular weight is 757 g/mol. The Balaban J connectivity index is 0.000000418. The number of fused-ring (bicyclic) bond motifs is 2. The van der Waals surface area contributed by atoms with Crippen LogP contribution in [0.3, 0.4) is 0 Å². The van der Waals surface area contributed by atoms with Gasteiger partial charge in [-0.1, -0.05) is 6.07 Å². The minimum Gasteiger partial charge on any atom is -0.490 e. The molecule has 6 heterocycles. The van der Waals surface area contributed by atoms with Crippen LogP contribution in [0.5, 0.6) is 11.8 Å². The lowest BCUT2D eigenvalue weighted by atomic mass is 9.91. The van der Waals surface area contributed by atoms with Crippen LogP contribution in [0.1, 0.15) is 54.5 Å². The SMILES string of the molecule is COc1nc2c3c(c(C(F)(F)F)c(-c4ccc(F)c5sc(N)c(C#N)c45)c(F)c3n1)OCCN2C(C)c1c(C)ccnc1N.FC1CC2CCCN2C1. The molecule has 3 aliphatic heterocycles. The van der Waals surface area contributed by atoms with Crippen LogP contribution in [0.4, 0.5) is 43.0 Å². The summed E-state index contributed by atoms with van der Waals surface area (Å²) < 4.78 is 100. The molecule has 4 N–H and O–H groups in total. The summed E-state index contributed by atoms with van der Waals surface area (Å²) in [4.78, 5) is 16.5. The van der Waals surface area contributed by atoms with E-state index in [0.29, 0.717) is 29.5 Å². The third-order valence-corrected chi connectivity index (χ3v) is 11.1. The Kier molecular flexibility index (Phi) is 9.39. The second-order valence-electron chi connectivity index (χ2n) is 13.2. The number of alkyl halides is 4. The number of thiophene rings is 1. The fourth-order valence-electron chi connectivity index (χ4n) is 7.78. The number of methoxy groups -OCH3 is 1. The van der Waals surface area contributed by atoms with E-state index >= 15 is 17.6 Å². The molecular weight excluding hydrogens is 723 g/mol. The van der Waals surface area contributed by atoms with Gasteiger partial charge >= 0.3 is 12.2 Å². The Morgan fingerprint density at radius 2 is 1.91 bits per heavy atom. The van der Waals surface area contributed by atoms with Gasteiger partial charge in [0.25, 0.3) is 0 Å². The molecule has 3 aliphatic rings. The van der Waals surface area contributed by atoms with Gasteiger partial charge in [0.2, 0.25) is 0 Å². The van der Waals surface area contributed by atoms with Gasteiger partial charge in [0, 0.05) is 35.3 Å². The highest BCUT2D eigenvalue weighted by Crippen LogP contribution is 2.54. The van der Waals surface area contributed by atoms with Gasteiger partial charge in [0.15, 0.2) is 5.82 Å². The summed E-state index contributed by atoms with van der Waals surface area (Å²) in [6.07, 6.45) is -0.837. The van der Waals surface area contributed by atoms with Crippen LogP contribution in [-0.2, 0) is 6.18 Å². The Labute approximate surface area is 303 Å². The van der Waals surface area contributed by atoms with Crippen LogP contribution in [0.25, 0.3) is 32.1 Å². The maximum absolute atomic E-state index is 16.8. The van der Waals surface area contributed by atoms with Crippen molar-refractivity contribution in [2.24, 2.45) is 0 Å². The van der Waals surface area contributed by atoms with Crippen molar-refractivity contribution in [3.63, 3.8) is 0 Å². The molecule has 0 amide bonds. The zero-order chi connectivity index (χ0) is 37.9. The summed E-state index contributed by atoms with van der Waals surface area (Å²) in [7, 11) is 1.23. The molecule has 8 rings (SSSR count). The van der Waals surface area contributed by atoms with E-state index in [1.807, 2.05) is 6.92 Å². The highest BCUT2D eigenvalue weighted by atomic mass is 32.1. The molecule has 0 spiro atoms. The van der Waals surface area contributed by atoms with Crippen molar-refractivity contribution >= 4 is 49.0 Å². The second kappa shape index (κ2) is 13.7. The van der Waals surface area contributed by atoms with Crippen molar-refractivity contribution in [2.45, 2.75) is 57.5 Å². The van der Waals surface area contributed by atoms with Crippen LogP contribution in [0.2, 0.25) is 0 Å². The summed E-state index contributed by atoms with van der Waals surface area (Å²) in [6.45, 7) is 5.19. The Morgan fingerprint density at radius 1 is 1.13 bits per heavy atom. The number of nitrogens with zero attached hydrogens (tertiary/aromatic N) is 6. The van der Waals surface area contributed by atoms with Crippen molar-refractivity contribution in [1.29, 1.82) is 5.26 Å². The van der Waals surface area contributed by atoms with Crippen molar-refractivity contribution < 1.29 is 35.8 Å². The molecule has 0 bridgehead atoms. The normalized spacial score (nSPS) is 19.0. The van der Waals surface area contributed by atoms with Gasteiger partial charge < -0.3 is 25.8 Å². The highest BCUT2D eigenvalue weighted by Gasteiger charge is 2.44. The first-order valence-electron chi connectivity index (χ1n) is 16.8. The monoisotopic (exact) mass is 756 g/mol. The standard InChI is InChI=1S/C29H22F5N7O2S.C7H12FN/c1-11-6-7-38-25(36)16(11)12(2)41-8-9-43-23-19-22(39-28(42-3)40-27(19)41)21(31)18(20(23)29(32,33)34)13-4-5-15(30)24-17(13)14(10-35)26(37)44-24;8-6-4-7-2-1-3-9(7)5-6/h4-7,12H,8-9,37H2,1-3H3,(H2,36,38);6-7H,1-5H2. The van der Waals surface area contributed by atoms with Crippen molar-refractivity contribution in [3.05, 3.63) is 58.3 Å². The lowest BCUT2D eigenvalue weighted by Crippen LogP contribution is -2.32. The van der Waals surface area contributed by atoms with E-state index in [0.717, 1.165) is 30.7 Å². The first-order chi connectivity index (χ1) is 25.2. The fourth-order valence-corrected chi connectivity index (χ4v) is 8.73. The third-order valence-electron chi connectivity index (χ3n) is 10.1. The Morgan fingerprint density at radius 3 is 2.58 bits per heavy atom. The summed E-state index contributed by atoms with van der Waals surface area (Å²) >= 11 is 0.676. The summed E-state index contributed by atoms with van der Waals surface area (Å²) in [5.41, 5.74) is 9.85. The van der Waals surface area contributed by atoms with Crippen LogP contribution in [0, 0.1) is 29.9 Å². The van der Waals surface area contributed by atoms with Crippen LogP contribution in [-0.4, -0.2) is 65.4 Å². The molecule has 3 aromatic heterocycles. The number of benzene rings is 2. The molecule has 17 heteroatoms. The highest BCUT2D eigenvalue weighted by molar-refractivity contribution is 7.23. The fraction of sp³-hybridized carbons (Fsp3) is 0.389. The van der Waals surface area contributed by atoms with Crippen molar-refractivity contribution in [1.82, 2.24) is 19.9 Å². The Hall–Kier alpha value is -5.08. The maximum Gasteiger partial charge on any atom is 0.420 e. The van der Waals surface area contributed by atoms with E-state index in [4.69, 9.17) is 20.9 Å². The number of aromatic nitrogens is 3. The van der Waals surface area contributed by atoms with Crippen molar-refractivity contribution in [2.75, 3.05) is 49.7 Å². The molecule has 278 valence electrons. The molecule has 0 saturated carbocycles. The number of ether oxygens (including phenoxy) is 2. The predicted octanol–water partition coefficient (Wildman–Crippen LogP) is 7.71. The van der Waals surface area contributed by atoms with E-state index < -0.39 is 58.0 Å². The summed E-state index contributed by atoms with van der Waals surface area (Å²) in [6, 6.07) is 5.12. The van der Waals surface area contributed by atoms with Crippen molar-refractivity contribution in [3.8, 4) is 29.0 Å². The number of hydrogen-bond acceptors (Lipinski definition) is 11. The van der Waals surface area contributed by atoms with Crippen LogP contribution >= 0.6 is 11.3 Å². The average Bonchev–Trinajstić information content (AvgIpc) is 3.75. The molecule has 0 radical (unpaired) electrons. The quantitative estimate of drug-likeness (QED) is 0.175. The number of anilines is 3. The number of nitrogen functional groups attached to an aromatic ring is 2. The molecule has 2 aromatic carbocycles. The first kappa shape index (κ1) is 36.3. The van der Waals surface area contributed by atoms with Gasteiger partial charge in [-0.25, -0.2) is 18.2 Å². The van der Waals surface area contributed by atoms with Gasteiger partial charge in [-0.2, -0.15) is 28.4 Å². The predicted molar refractivity (Wildman–Crippen MR) is 190 cm³/mol. The van der Waals surface area contributed by atoms with E-state index in [1.165, 1.54) is 26.1 Å². The molecule has 0 aliphatic carbocycles. The third kappa shape index (κ3) is 6.17. The van der Waals surface area contributed by atoms with Gasteiger partial charge in [-0.3, -0.25) is 4.90 Å². The molecule has 10 nitrogen and oxygen atoms in total. The minimum atomic E-state index is -5.18. The van der Waals surface area contributed by atoms with Gasteiger partial charge in [-0.15, -0.1) is 11.3 Å². The molecule has 53 heavy (non-hydrogen) atoms. The Bertz CT molecular complexity index is 2260. The van der Waals surface area contributed by atoms with Gasteiger partial charge in [-0.05, 0) is 62.9 Å². The number of pyridine rings is 1. The summed E-state index contributed by atoms with van der Waals surface area (Å²) in [5, 5.41) is 9.04. The van der Waals surface area contributed by atoms with Crippen LogP contribution < -0.4 is 25.8 Å². The number of nitrogens with two attached hydrogens (primary N) is 2. The minimum absolute atomic E-state index is 0.0214. The topological polar surface area (TPSA) is 139 Å². The zero-order valence-electron chi connectivity index (χ0n) is 28.8. The van der Waals surface area contributed by atoms with E-state index in [-0.39, 0.29) is 56.8 Å². The summed E-state index contributed by atoms with van der Waals surface area (Å²) in [5.74, 6) is -2.80. The first-order valence-corrected chi connectivity index (χ1v) is 17.6. The number of hydrogen-bond donors (Lipinski definition) is 2. The number of aryl methyl sites for hydroxylation is 1. The second-order valence-corrected chi connectivity index (χ2v) is 14.2. The lowest BCUT2D eigenvalue weighted by molar-refractivity contribution is -0.138. The van der Waals surface area contributed by atoms with E-state index in [1.54, 1.807) is 24.0 Å². The lowest BCUT2D eigenvalue weighted by Gasteiger charge is -2.31. The molecule has 5 aromatic rings. The largest absolute Gasteiger partial charge is 0.490 e. The molecule has 2 fully saturated rings. The molecule has 3 atom stereocenters. The molecule has 3 unspecified atom stereocenters. The van der Waals surface area contributed by atoms with Gasteiger partial charge in [0.05, 0.1) is 35.3 Å². The van der Waals surface area contributed by atoms with E-state index in [9.17, 15) is 14.0 Å². The smallest absolute Gasteiger partial charge is 0.420 e. The number of rotatable bonds is 4. The molecular formula is C36H34F6N8O2S.